The summed E-state index contributed by atoms with van der Waals surface area (Å²) in [4.78, 5) is 21.8. The summed E-state index contributed by atoms with van der Waals surface area (Å²) in [6, 6.07) is 9.13. The summed E-state index contributed by atoms with van der Waals surface area (Å²) < 4.78 is 0. The molecule has 0 saturated carbocycles. The van der Waals surface area contributed by atoms with Crippen LogP contribution < -0.4 is 16.0 Å². The molecule has 0 radical (unpaired) electrons. The van der Waals surface area contributed by atoms with E-state index in [1.807, 2.05) is 24.3 Å². The van der Waals surface area contributed by atoms with Gasteiger partial charge in [0, 0.05) is 52.5 Å². The maximum Gasteiger partial charge on any atom is 0.253 e. The molecule has 158 valence electrons. The molecule has 0 aliphatic rings. The van der Waals surface area contributed by atoms with E-state index in [9.17, 15) is 4.79 Å². The molecule has 7 nitrogen and oxygen atoms in total. The summed E-state index contributed by atoms with van der Waals surface area (Å²) in [5.74, 6) is 1.24. The van der Waals surface area contributed by atoms with Crippen LogP contribution in [0.5, 0.6) is 0 Å². The number of halogens is 3. The lowest BCUT2D eigenvalue weighted by Crippen LogP contribution is -2.39. The monoisotopic (exact) mass is 550 g/mol. The zero-order valence-corrected chi connectivity index (χ0v) is 20.3. The minimum Gasteiger partial charge on any atom is -0.367 e. The number of guanidine groups is 1. The molecule has 0 spiro atoms. The fraction of sp³-hybridized carbons (Fsp3) is 0.316. The number of aliphatic imine (C=N–C) groups is 1. The van der Waals surface area contributed by atoms with E-state index in [4.69, 9.17) is 23.2 Å². The first-order valence-corrected chi connectivity index (χ1v) is 9.46. The Morgan fingerprint density at radius 2 is 1.83 bits per heavy atom. The van der Waals surface area contributed by atoms with Crippen molar-refractivity contribution in [3.8, 4) is 0 Å². The average Bonchev–Trinajstić information content (AvgIpc) is 2.68. The van der Waals surface area contributed by atoms with Gasteiger partial charge in [0.2, 0.25) is 0 Å². The number of aromatic nitrogens is 1. The number of pyridine rings is 1. The summed E-state index contributed by atoms with van der Waals surface area (Å²) in [7, 11) is 5.18. The number of nitrogens with zero attached hydrogens (tertiary/aromatic N) is 3. The first-order valence-electron chi connectivity index (χ1n) is 8.70. The molecule has 1 amide bonds. The molecule has 1 heterocycles. The van der Waals surface area contributed by atoms with Crippen LogP contribution in [0.2, 0.25) is 10.0 Å². The molecule has 10 heteroatoms. The van der Waals surface area contributed by atoms with Crippen molar-refractivity contribution in [1.29, 1.82) is 0 Å². The first-order chi connectivity index (χ1) is 13.4. The van der Waals surface area contributed by atoms with Crippen molar-refractivity contribution in [1.82, 2.24) is 20.5 Å². The lowest BCUT2D eigenvalue weighted by Gasteiger charge is -2.14. The molecule has 0 atom stereocenters. The quantitative estimate of drug-likeness (QED) is 0.213. The Kier molecular flexibility index (Phi) is 11.1. The Hall–Kier alpha value is -1.78. The Bertz CT molecular complexity index is 830. The molecular formula is C19H25Cl2IN6O. The Morgan fingerprint density at radius 3 is 2.41 bits per heavy atom. The number of carbonyl (C=O) groups excluding carboxylic acids is 1. The van der Waals surface area contributed by atoms with E-state index in [-0.39, 0.29) is 29.9 Å². The number of anilines is 1. The van der Waals surface area contributed by atoms with E-state index in [1.54, 1.807) is 38.3 Å². The largest absolute Gasteiger partial charge is 0.367 e. The van der Waals surface area contributed by atoms with Gasteiger partial charge in [-0.1, -0.05) is 35.3 Å². The maximum atomic E-state index is 11.9. The van der Waals surface area contributed by atoms with Crippen LogP contribution in [0.4, 0.5) is 5.82 Å². The van der Waals surface area contributed by atoms with Crippen LogP contribution in [0.15, 0.2) is 41.5 Å². The lowest BCUT2D eigenvalue weighted by molar-refractivity contribution is 0.0827. The molecule has 2 aromatic rings. The minimum absolute atomic E-state index is 0. The average molecular weight is 551 g/mol. The predicted octanol–water partition coefficient (Wildman–Crippen LogP) is 3.49. The van der Waals surface area contributed by atoms with Gasteiger partial charge in [-0.3, -0.25) is 9.79 Å². The highest BCUT2D eigenvalue weighted by Crippen LogP contribution is 2.21. The number of benzene rings is 1. The number of amides is 1. The zero-order chi connectivity index (χ0) is 20.5. The van der Waals surface area contributed by atoms with Gasteiger partial charge in [0.25, 0.3) is 5.91 Å². The lowest BCUT2D eigenvalue weighted by atomic mass is 10.1. The molecule has 0 aliphatic carbocycles. The van der Waals surface area contributed by atoms with Crippen molar-refractivity contribution >= 4 is 64.9 Å². The second kappa shape index (κ2) is 12.7. The molecule has 29 heavy (non-hydrogen) atoms. The number of hydrogen-bond donors (Lipinski definition) is 3. The van der Waals surface area contributed by atoms with Crippen molar-refractivity contribution in [2.45, 2.75) is 6.54 Å². The van der Waals surface area contributed by atoms with E-state index in [2.05, 4.69) is 25.9 Å². The summed E-state index contributed by atoms with van der Waals surface area (Å²) in [5, 5.41) is 10.5. The number of carbonyl (C=O) groups is 1. The molecule has 1 aromatic heterocycles. The highest BCUT2D eigenvalue weighted by molar-refractivity contribution is 14.0. The standard InChI is InChI=1S/C19H24Cl2N6O.HI/c1-22-19(24-9-8-23-17-16(21)10-15(20)12-25-17)26-11-13-4-6-14(7-5-13)18(28)27(2)3;/h4-7,10,12H,8-9,11H2,1-3H3,(H,23,25)(H2,22,24,26);1H. The van der Waals surface area contributed by atoms with Crippen molar-refractivity contribution in [3.63, 3.8) is 0 Å². The molecular weight excluding hydrogens is 526 g/mol. The van der Waals surface area contributed by atoms with Crippen LogP contribution in [0.25, 0.3) is 0 Å². The Balaban J connectivity index is 0.00000420. The molecule has 2 rings (SSSR count). The molecule has 0 aliphatic heterocycles. The van der Waals surface area contributed by atoms with Crippen LogP contribution in [0.1, 0.15) is 15.9 Å². The summed E-state index contributed by atoms with van der Waals surface area (Å²) in [5.41, 5.74) is 1.71. The van der Waals surface area contributed by atoms with E-state index in [0.29, 0.717) is 47.0 Å². The van der Waals surface area contributed by atoms with Gasteiger partial charge in [-0.2, -0.15) is 0 Å². The van der Waals surface area contributed by atoms with Crippen molar-refractivity contribution in [2.24, 2.45) is 4.99 Å². The van der Waals surface area contributed by atoms with Crippen molar-refractivity contribution in [2.75, 3.05) is 39.5 Å². The fourth-order valence-electron chi connectivity index (χ4n) is 2.34. The molecule has 0 unspecified atom stereocenters. The maximum absolute atomic E-state index is 11.9. The SMILES string of the molecule is CN=C(NCCNc1ncc(Cl)cc1Cl)NCc1ccc(C(=O)N(C)C)cc1.I. The van der Waals surface area contributed by atoms with Gasteiger partial charge < -0.3 is 20.9 Å². The second-order valence-electron chi connectivity index (χ2n) is 6.16. The number of nitrogens with one attached hydrogen (secondary N) is 3. The highest BCUT2D eigenvalue weighted by atomic mass is 127. The van der Waals surface area contributed by atoms with E-state index in [0.717, 1.165) is 5.56 Å². The van der Waals surface area contributed by atoms with Crippen LogP contribution in [0.3, 0.4) is 0 Å². The van der Waals surface area contributed by atoms with Crippen molar-refractivity contribution < 1.29 is 4.79 Å². The third-order valence-corrected chi connectivity index (χ3v) is 4.30. The van der Waals surface area contributed by atoms with Crippen LogP contribution in [-0.2, 0) is 6.54 Å². The van der Waals surface area contributed by atoms with Crippen LogP contribution in [-0.4, -0.2) is 56.0 Å². The van der Waals surface area contributed by atoms with E-state index >= 15 is 0 Å². The third kappa shape index (κ3) is 8.23. The van der Waals surface area contributed by atoms with Crippen LogP contribution in [0, 0.1) is 0 Å². The normalized spacial score (nSPS) is 10.7. The van der Waals surface area contributed by atoms with Gasteiger partial charge in [0.1, 0.15) is 5.82 Å². The fourth-order valence-corrected chi connectivity index (χ4v) is 2.78. The predicted molar refractivity (Wildman–Crippen MR) is 131 cm³/mol. The Morgan fingerprint density at radius 1 is 1.14 bits per heavy atom. The minimum atomic E-state index is -0.0141. The van der Waals surface area contributed by atoms with Crippen molar-refractivity contribution in [3.05, 3.63) is 57.7 Å². The Labute approximate surface area is 198 Å². The van der Waals surface area contributed by atoms with Gasteiger partial charge in [0.05, 0.1) is 10.0 Å². The summed E-state index contributed by atoms with van der Waals surface area (Å²) >= 11 is 11.9. The van der Waals surface area contributed by atoms with E-state index < -0.39 is 0 Å². The van der Waals surface area contributed by atoms with E-state index in [1.165, 1.54) is 0 Å². The second-order valence-corrected chi connectivity index (χ2v) is 7.00. The number of hydrogen-bond acceptors (Lipinski definition) is 4. The number of rotatable bonds is 7. The van der Waals surface area contributed by atoms with Gasteiger partial charge in [-0.25, -0.2) is 4.98 Å². The van der Waals surface area contributed by atoms with Gasteiger partial charge >= 0.3 is 0 Å². The zero-order valence-electron chi connectivity index (χ0n) is 16.5. The topological polar surface area (TPSA) is 81.6 Å². The highest BCUT2D eigenvalue weighted by Gasteiger charge is 2.07. The smallest absolute Gasteiger partial charge is 0.253 e. The first kappa shape index (κ1) is 25.3. The summed E-state index contributed by atoms with van der Waals surface area (Å²) in [6.45, 7) is 1.82. The molecule has 0 saturated heterocycles. The summed E-state index contributed by atoms with van der Waals surface area (Å²) in [6.07, 6.45) is 1.54. The molecule has 0 bridgehead atoms. The van der Waals surface area contributed by atoms with Crippen LogP contribution >= 0.6 is 47.2 Å². The van der Waals surface area contributed by atoms with Gasteiger partial charge in [0.15, 0.2) is 5.96 Å². The van der Waals surface area contributed by atoms with Gasteiger partial charge in [-0.15, -0.1) is 24.0 Å². The van der Waals surface area contributed by atoms with Gasteiger partial charge in [-0.05, 0) is 23.8 Å². The molecule has 1 aromatic carbocycles. The molecule has 3 N–H and O–H groups in total. The molecule has 0 fully saturated rings. The third-order valence-electron chi connectivity index (χ3n) is 3.81.